The average molecular weight is 354 g/mol. The molecule has 6 rings (SSSR count). The average Bonchev–Trinajstić information content (AvgIpc) is 3.32. The van der Waals surface area contributed by atoms with E-state index in [4.69, 9.17) is 4.74 Å². The van der Waals surface area contributed by atoms with Crippen LogP contribution >= 0.6 is 0 Å². The van der Waals surface area contributed by atoms with Gasteiger partial charge in [-0.25, -0.2) is 0 Å². The van der Waals surface area contributed by atoms with Crippen LogP contribution in [0.1, 0.15) is 32.1 Å². The molecule has 2 saturated carbocycles. The van der Waals surface area contributed by atoms with Gasteiger partial charge in [-0.15, -0.1) is 0 Å². The molecule has 0 aromatic rings. The van der Waals surface area contributed by atoms with E-state index in [0.717, 1.165) is 34.6 Å². The molecule has 5 nitrogen and oxygen atoms in total. The molecule has 5 atom stereocenters. The lowest BCUT2D eigenvalue weighted by Crippen LogP contribution is -2.78. The van der Waals surface area contributed by atoms with E-state index in [1.165, 1.54) is 12.8 Å². The van der Waals surface area contributed by atoms with Crippen molar-refractivity contribution in [2.75, 3.05) is 20.1 Å². The highest BCUT2D eigenvalue weighted by Crippen LogP contribution is 2.66. The van der Waals surface area contributed by atoms with Gasteiger partial charge in [0.05, 0.1) is 25.6 Å². The van der Waals surface area contributed by atoms with Crippen LogP contribution in [0.5, 0.6) is 0 Å². The van der Waals surface area contributed by atoms with E-state index in [2.05, 4.69) is 13.1 Å². The fraction of sp³-hybridized carbons (Fsp3) is 0.619. The maximum Gasteiger partial charge on any atom is 0.220 e. The molecule has 5 heteroatoms. The SMILES string of the molecule is C[N@@+]1(CC2CC2)CC[C@]23C4=C5OC2C(=O)CC[C@@]3(O)C1C=C4C=CC5=O. The number of carbonyl (C=O) groups excluding carboxylic acids is 2. The molecule has 26 heavy (non-hydrogen) atoms. The predicted octanol–water partition coefficient (Wildman–Crippen LogP) is 1.43. The van der Waals surface area contributed by atoms with Gasteiger partial charge < -0.3 is 14.3 Å². The number of Topliss-reactive ketones (excluding diaryl/α,β-unsaturated/α-hetero) is 1. The first kappa shape index (κ1) is 15.3. The van der Waals surface area contributed by atoms with Crippen molar-refractivity contribution in [2.45, 2.75) is 49.9 Å². The summed E-state index contributed by atoms with van der Waals surface area (Å²) in [5.74, 6) is 0.938. The Morgan fingerprint density at radius 3 is 2.85 bits per heavy atom. The zero-order valence-corrected chi connectivity index (χ0v) is 15.0. The minimum atomic E-state index is -1.01. The number of rotatable bonds is 2. The third-order valence-electron chi connectivity index (χ3n) is 7.99. The number of likely N-dealkylation sites (tertiary alicyclic amines) is 1. The Labute approximate surface area is 152 Å². The Kier molecular flexibility index (Phi) is 2.59. The number of ether oxygens (including phenoxy) is 1. The molecule has 1 saturated heterocycles. The normalized spacial score (nSPS) is 48.3. The summed E-state index contributed by atoms with van der Waals surface area (Å²) in [5.41, 5.74) is 0.0546. The van der Waals surface area contributed by atoms with Gasteiger partial charge >= 0.3 is 0 Å². The van der Waals surface area contributed by atoms with Crippen LogP contribution in [0.3, 0.4) is 0 Å². The monoisotopic (exact) mass is 354 g/mol. The van der Waals surface area contributed by atoms with Crippen LogP contribution in [0.25, 0.3) is 0 Å². The number of likely N-dealkylation sites (N-methyl/N-ethyl adjacent to an activating group) is 1. The second kappa shape index (κ2) is 4.39. The van der Waals surface area contributed by atoms with E-state index in [1.807, 2.05) is 6.08 Å². The van der Waals surface area contributed by atoms with Gasteiger partial charge in [0.15, 0.2) is 17.6 Å². The molecule has 2 heterocycles. The first-order valence-corrected chi connectivity index (χ1v) is 9.84. The number of ketones is 2. The molecule has 1 N–H and O–H groups in total. The van der Waals surface area contributed by atoms with Gasteiger partial charge in [-0.2, -0.15) is 0 Å². The summed E-state index contributed by atoms with van der Waals surface area (Å²) in [6, 6.07) is -0.0491. The Morgan fingerprint density at radius 1 is 1.27 bits per heavy atom. The first-order valence-electron chi connectivity index (χ1n) is 9.84. The summed E-state index contributed by atoms with van der Waals surface area (Å²) in [5, 5.41) is 12.1. The number of piperidine rings is 1. The smallest absolute Gasteiger partial charge is 0.220 e. The van der Waals surface area contributed by atoms with Crippen molar-refractivity contribution in [3.63, 3.8) is 0 Å². The van der Waals surface area contributed by atoms with Crippen LogP contribution in [-0.4, -0.2) is 59.0 Å². The van der Waals surface area contributed by atoms with Crippen molar-refractivity contribution in [2.24, 2.45) is 11.3 Å². The quantitative estimate of drug-likeness (QED) is 0.762. The van der Waals surface area contributed by atoms with E-state index < -0.39 is 17.1 Å². The Morgan fingerprint density at radius 2 is 2.08 bits per heavy atom. The Bertz CT molecular complexity index is 865. The molecule has 2 bridgehead atoms. The van der Waals surface area contributed by atoms with Crippen molar-refractivity contribution >= 4 is 11.6 Å². The highest BCUT2D eigenvalue weighted by molar-refractivity contribution is 6.07. The lowest BCUT2D eigenvalue weighted by molar-refractivity contribution is -0.944. The molecule has 0 radical (unpaired) electrons. The molecule has 0 aromatic heterocycles. The molecule has 2 aliphatic heterocycles. The van der Waals surface area contributed by atoms with Gasteiger partial charge in [0, 0.05) is 24.3 Å². The number of allylic oxidation sites excluding steroid dienone is 3. The molecular weight excluding hydrogens is 330 g/mol. The van der Waals surface area contributed by atoms with E-state index in [1.54, 1.807) is 6.08 Å². The lowest BCUT2D eigenvalue weighted by Gasteiger charge is -2.63. The van der Waals surface area contributed by atoms with Gasteiger partial charge in [-0.1, -0.05) is 6.08 Å². The van der Waals surface area contributed by atoms with E-state index in [9.17, 15) is 14.7 Å². The largest absolute Gasteiger partial charge is 0.477 e. The van der Waals surface area contributed by atoms with Crippen LogP contribution in [0.15, 0.2) is 35.1 Å². The molecule has 6 aliphatic rings. The fourth-order valence-corrected chi connectivity index (χ4v) is 6.65. The molecule has 3 fully saturated rings. The predicted molar refractivity (Wildman–Crippen MR) is 92.8 cm³/mol. The second-order valence-corrected chi connectivity index (χ2v) is 9.41. The van der Waals surface area contributed by atoms with Crippen LogP contribution in [0, 0.1) is 11.3 Å². The van der Waals surface area contributed by atoms with E-state index >= 15 is 0 Å². The van der Waals surface area contributed by atoms with Crippen molar-refractivity contribution in [3.8, 4) is 0 Å². The van der Waals surface area contributed by atoms with Crippen LogP contribution < -0.4 is 0 Å². The number of quaternary nitrogens is 1. The van der Waals surface area contributed by atoms with Crippen molar-refractivity contribution in [1.82, 2.24) is 0 Å². The van der Waals surface area contributed by atoms with Gasteiger partial charge in [-0.3, -0.25) is 9.59 Å². The molecular formula is C21H24NO4+. The first-order chi connectivity index (χ1) is 12.4. The van der Waals surface area contributed by atoms with Crippen LogP contribution in [0.2, 0.25) is 0 Å². The van der Waals surface area contributed by atoms with Gasteiger partial charge in [0.1, 0.15) is 11.6 Å². The maximum absolute atomic E-state index is 12.8. The van der Waals surface area contributed by atoms with Crippen molar-refractivity contribution < 1.29 is 23.9 Å². The molecule has 1 spiro atoms. The van der Waals surface area contributed by atoms with Crippen molar-refractivity contribution in [1.29, 1.82) is 0 Å². The number of aliphatic hydroxyl groups is 1. The van der Waals surface area contributed by atoms with E-state index in [0.29, 0.717) is 25.0 Å². The summed E-state index contributed by atoms with van der Waals surface area (Å²) in [7, 11) is 2.26. The Balaban J connectivity index is 1.61. The molecule has 136 valence electrons. The van der Waals surface area contributed by atoms with Crippen LogP contribution in [0.4, 0.5) is 0 Å². The summed E-state index contributed by atoms with van der Waals surface area (Å²) in [6.45, 7) is 2.00. The summed E-state index contributed by atoms with van der Waals surface area (Å²) in [6.07, 6.45) is 8.97. The third kappa shape index (κ3) is 1.53. The lowest BCUT2D eigenvalue weighted by atomic mass is 9.48. The molecule has 4 aliphatic carbocycles. The molecule has 0 aromatic carbocycles. The van der Waals surface area contributed by atoms with Crippen molar-refractivity contribution in [3.05, 3.63) is 35.1 Å². The maximum atomic E-state index is 12.8. The third-order valence-corrected chi connectivity index (χ3v) is 7.99. The van der Waals surface area contributed by atoms with E-state index in [-0.39, 0.29) is 17.6 Å². The summed E-state index contributed by atoms with van der Waals surface area (Å²) in [4.78, 5) is 25.2. The number of nitrogens with zero attached hydrogens (tertiary/aromatic N) is 1. The Hall–Kier alpha value is -1.72. The summed E-state index contributed by atoms with van der Waals surface area (Å²) >= 11 is 0. The van der Waals surface area contributed by atoms with Gasteiger partial charge in [-0.05, 0) is 37.0 Å². The standard InChI is InChI=1S/C21H24NO4/c1-22(11-12-2-3-12)9-8-20-17-13-4-5-14(23)18(17)26-19(20)15(24)6-7-21(20,25)16(22)10-13/h4-5,10,12,16,19,25H,2-3,6-9,11H2,1H3/q+1/t16?,19?,20-,21+,22-/m0/s1. The number of carbonyl (C=O) groups is 2. The molecule has 2 unspecified atom stereocenters. The van der Waals surface area contributed by atoms with Gasteiger partial charge in [0.25, 0.3) is 0 Å². The van der Waals surface area contributed by atoms with Gasteiger partial charge in [0.2, 0.25) is 5.78 Å². The van der Waals surface area contributed by atoms with Crippen LogP contribution in [-0.2, 0) is 14.3 Å². The minimum Gasteiger partial charge on any atom is -0.477 e. The fourth-order valence-electron chi connectivity index (χ4n) is 6.65. The second-order valence-electron chi connectivity index (χ2n) is 9.41. The zero-order valence-electron chi connectivity index (χ0n) is 15.0. The highest BCUT2D eigenvalue weighted by atomic mass is 16.5. The molecule has 0 amide bonds. The zero-order chi connectivity index (χ0) is 17.9. The highest BCUT2D eigenvalue weighted by Gasteiger charge is 2.76. The number of hydrogen-bond acceptors (Lipinski definition) is 4. The minimum absolute atomic E-state index is 0.0372. The topological polar surface area (TPSA) is 63.6 Å². The number of hydrogen-bond donors (Lipinski definition) is 1. The summed E-state index contributed by atoms with van der Waals surface area (Å²) < 4.78 is 6.83.